The van der Waals surface area contributed by atoms with Gasteiger partial charge in [0.25, 0.3) is 0 Å². The van der Waals surface area contributed by atoms with Crippen LogP contribution < -0.4 is 0 Å². The Morgan fingerprint density at radius 1 is 1.38 bits per heavy atom. The summed E-state index contributed by atoms with van der Waals surface area (Å²) < 4.78 is 0. The maximum absolute atomic E-state index is 4.96. The standard InChI is InChI=1S/C10H15.2ClH.Hf/c1-3-4-7-10-8-5-6-9(10)2;;;/h5-6,8H,3-4,7H2,1-2H3;2*1H;/q;;;+2/p-2. The molecular formula is C10H15Cl2Hf. The molecule has 0 saturated heterocycles. The predicted octanol–water partition coefficient (Wildman–Crippen LogP) is 4.64. The topological polar surface area (TPSA) is 0 Å². The zero-order valence-electron chi connectivity index (χ0n) is 8.11. The minimum atomic E-state index is -0.972. The summed E-state index contributed by atoms with van der Waals surface area (Å²) in [5, 5.41) is 0. The van der Waals surface area contributed by atoms with Crippen LogP contribution in [0.3, 0.4) is 0 Å². The number of halogens is 2. The molecule has 0 aromatic carbocycles. The van der Waals surface area contributed by atoms with Gasteiger partial charge in [0.2, 0.25) is 0 Å². The fourth-order valence-corrected chi connectivity index (χ4v) is 1.19. The van der Waals surface area contributed by atoms with Crippen molar-refractivity contribution >= 4 is 17.2 Å². The van der Waals surface area contributed by atoms with E-state index in [1.807, 2.05) is 0 Å². The number of unbranched alkanes of at least 4 members (excludes halogenated alkanes) is 1. The summed E-state index contributed by atoms with van der Waals surface area (Å²) >= 11 is -0.972. The van der Waals surface area contributed by atoms with Gasteiger partial charge >= 0.3 is 37.7 Å². The second-order valence-electron chi connectivity index (χ2n) is 2.91. The zero-order chi connectivity index (χ0) is 10.1. The first-order valence-electron chi connectivity index (χ1n) is 4.43. The third-order valence-corrected chi connectivity index (χ3v) is 1.95. The van der Waals surface area contributed by atoms with Crippen molar-refractivity contribution in [3.8, 4) is 0 Å². The summed E-state index contributed by atoms with van der Waals surface area (Å²) in [5.74, 6) is 0. The molecule has 3 heteroatoms. The van der Waals surface area contributed by atoms with Gasteiger partial charge in [0.1, 0.15) is 0 Å². The third-order valence-electron chi connectivity index (χ3n) is 1.95. The second kappa shape index (κ2) is 9.48. The van der Waals surface area contributed by atoms with Crippen molar-refractivity contribution in [2.75, 3.05) is 0 Å². The Morgan fingerprint density at radius 3 is 2.38 bits per heavy atom. The summed E-state index contributed by atoms with van der Waals surface area (Å²) in [5.41, 5.74) is 2.98. The van der Waals surface area contributed by atoms with E-state index in [0.717, 1.165) is 0 Å². The zero-order valence-corrected chi connectivity index (χ0v) is 13.2. The van der Waals surface area contributed by atoms with E-state index in [1.54, 1.807) is 0 Å². The van der Waals surface area contributed by atoms with Crippen molar-refractivity contribution in [2.24, 2.45) is 0 Å². The van der Waals surface area contributed by atoms with Crippen LogP contribution >= 0.6 is 17.2 Å². The molecule has 0 N–H and O–H groups in total. The first kappa shape index (κ1) is 13.9. The predicted molar refractivity (Wildman–Crippen MR) is 57.4 cm³/mol. The normalized spacial score (nSPS) is 14.2. The first-order chi connectivity index (χ1) is 6.26. The third kappa shape index (κ3) is 6.93. The Balaban J connectivity index is 0.000000424. The molecule has 0 aromatic rings. The molecule has 0 atom stereocenters. The molecule has 1 aliphatic rings. The van der Waals surface area contributed by atoms with Crippen LogP contribution in [-0.4, -0.2) is 0 Å². The summed E-state index contributed by atoms with van der Waals surface area (Å²) in [7, 11) is 9.92. The molecule has 0 spiro atoms. The van der Waals surface area contributed by atoms with Gasteiger partial charge in [-0.1, -0.05) is 31.1 Å². The van der Waals surface area contributed by atoms with Crippen LogP contribution in [0.15, 0.2) is 23.3 Å². The molecule has 0 aliphatic heterocycles. The van der Waals surface area contributed by atoms with Crippen LogP contribution in [0.25, 0.3) is 0 Å². The summed E-state index contributed by atoms with van der Waals surface area (Å²) in [6.07, 6.45) is 10.4. The molecule has 13 heavy (non-hydrogen) atoms. The van der Waals surface area contributed by atoms with Crippen LogP contribution in [0.2, 0.25) is 0 Å². The van der Waals surface area contributed by atoms with Crippen molar-refractivity contribution in [1.82, 2.24) is 0 Å². The van der Waals surface area contributed by atoms with Crippen molar-refractivity contribution in [3.05, 3.63) is 29.7 Å². The van der Waals surface area contributed by atoms with Crippen molar-refractivity contribution in [2.45, 2.75) is 33.1 Å². The molecule has 1 rings (SSSR count). The van der Waals surface area contributed by atoms with Gasteiger partial charge in [-0.05, 0) is 25.3 Å². The fourth-order valence-electron chi connectivity index (χ4n) is 1.19. The molecule has 1 radical (unpaired) electrons. The van der Waals surface area contributed by atoms with Gasteiger partial charge in [0.05, 0.1) is 0 Å². The second-order valence-corrected chi connectivity index (χ2v) is 8.10. The molecule has 0 fully saturated rings. The molecule has 0 bridgehead atoms. The average molecular weight is 385 g/mol. The Bertz CT molecular complexity index is 185. The quantitative estimate of drug-likeness (QED) is 0.622. The van der Waals surface area contributed by atoms with E-state index < -0.39 is 20.5 Å². The summed E-state index contributed by atoms with van der Waals surface area (Å²) in [4.78, 5) is 0. The molecule has 0 heterocycles. The van der Waals surface area contributed by atoms with Crippen molar-refractivity contribution < 1.29 is 20.5 Å². The molecule has 0 aromatic heterocycles. The van der Waals surface area contributed by atoms with Gasteiger partial charge in [-0.2, -0.15) is 0 Å². The van der Waals surface area contributed by atoms with E-state index in [1.165, 1.54) is 30.4 Å². The number of allylic oxidation sites excluding steroid dienone is 4. The molecular weight excluding hydrogens is 370 g/mol. The molecule has 1 aliphatic carbocycles. The number of hydrogen-bond acceptors (Lipinski definition) is 0. The van der Waals surface area contributed by atoms with E-state index in [4.69, 9.17) is 17.2 Å². The minimum absolute atomic E-state index is 0.972. The Morgan fingerprint density at radius 2 is 2.00 bits per heavy atom. The van der Waals surface area contributed by atoms with Crippen LogP contribution in [0.1, 0.15) is 33.1 Å². The number of rotatable bonds is 3. The monoisotopic (exact) mass is 385 g/mol. The maximum atomic E-state index is 4.96. The van der Waals surface area contributed by atoms with E-state index in [2.05, 4.69) is 32.4 Å². The molecule has 73 valence electrons. The SMILES string of the molecule is CCCCC1=C(C)[CH]C=C1.[Cl][Hf][Cl]. The van der Waals surface area contributed by atoms with Crippen LogP contribution in [0.4, 0.5) is 0 Å². The number of hydrogen-bond donors (Lipinski definition) is 0. The van der Waals surface area contributed by atoms with E-state index in [0.29, 0.717) is 0 Å². The van der Waals surface area contributed by atoms with Gasteiger partial charge in [0, 0.05) is 6.42 Å². The van der Waals surface area contributed by atoms with Crippen LogP contribution in [0, 0.1) is 6.42 Å². The van der Waals surface area contributed by atoms with Gasteiger partial charge in [-0.3, -0.25) is 0 Å². The van der Waals surface area contributed by atoms with Gasteiger partial charge in [-0.25, -0.2) is 0 Å². The molecule has 0 saturated carbocycles. The van der Waals surface area contributed by atoms with E-state index >= 15 is 0 Å². The molecule has 0 amide bonds. The van der Waals surface area contributed by atoms with Crippen molar-refractivity contribution in [1.29, 1.82) is 0 Å². The summed E-state index contributed by atoms with van der Waals surface area (Å²) in [6, 6.07) is 0. The van der Waals surface area contributed by atoms with Gasteiger partial charge in [0.15, 0.2) is 0 Å². The first-order valence-corrected chi connectivity index (χ1v) is 13.3. The molecule has 0 unspecified atom stereocenters. The molecule has 0 nitrogen and oxygen atoms in total. The fraction of sp³-hybridized carbons (Fsp3) is 0.500. The van der Waals surface area contributed by atoms with Crippen molar-refractivity contribution in [3.63, 3.8) is 0 Å². The Kier molecular flexibility index (Phi) is 10.2. The van der Waals surface area contributed by atoms with Gasteiger partial charge < -0.3 is 0 Å². The average Bonchev–Trinajstić information content (AvgIpc) is 2.49. The van der Waals surface area contributed by atoms with E-state index in [9.17, 15) is 0 Å². The summed E-state index contributed by atoms with van der Waals surface area (Å²) in [6.45, 7) is 4.42. The van der Waals surface area contributed by atoms with Crippen LogP contribution in [-0.2, 0) is 20.5 Å². The Hall–Kier alpha value is 0.930. The Labute approximate surface area is 99.9 Å². The van der Waals surface area contributed by atoms with E-state index in [-0.39, 0.29) is 0 Å². The van der Waals surface area contributed by atoms with Gasteiger partial charge in [-0.15, -0.1) is 0 Å². The van der Waals surface area contributed by atoms with Crippen LogP contribution in [0.5, 0.6) is 0 Å².